The number of hydrogen-bond acceptors (Lipinski definition) is 3. The number of ether oxygens (including phenoxy) is 1. The predicted molar refractivity (Wildman–Crippen MR) is 113 cm³/mol. The third-order valence-electron chi connectivity index (χ3n) is 5.50. The summed E-state index contributed by atoms with van der Waals surface area (Å²) in [7, 11) is 3.80. The van der Waals surface area contributed by atoms with Crippen molar-refractivity contribution in [3.05, 3.63) is 59.2 Å². The highest BCUT2D eigenvalue weighted by atomic mass is 16.5. The predicted octanol–water partition coefficient (Wildman–Crippen LogP) is 1.68. The summed E-state index contributed by atoms with van der Waals surface area (Å²) in [4.78, 5) is 18.3. The van der Waals surface area contributed by atoms with Gasteiger partial charge < -0.3 is 19.4 Å². The Balaban J connectivity index is 1.52. The molecule has 0 saturated carbocycles. The van der Waals surface area contributed by atoms with Crippen LogP contribution in [0.3, 0.4) is 0 Å². The van der Waals surface area contributed by atoms with Gasteiger partial charge in [-0.25, -0.2) is 0 Å². The van der Waals surface area contributed by atoms with Crippen molar-refractivity contribution >= 4 is 11.6 Å². The van der Waals surface area contributed by atoms with Crippen molar-refractivity contribution in [2.24, 2.45) is 0 Å². The van der Waals surface area contributed by atoms with E-state index in [1.807, 2.05) is 23.1 Å². The van der Waals surface area contributed by atoms with E-state index in [4.69, 9.17) is 4.74 Å². The maximum atomic E-state index is 12.8. The molecule has 1 N–H and O–H groups in total. The number of carbonyl (C=O) groups excluding carboxylic acids is 1. The quantitative estimate of drug-likeness (QED) is 0.826. The Bertz CT molecular complexity index is 813. The zero-order valence-corrected chi connectivity index (χ0v) is 17.5. The molecule has 2 aromatic rings. The molecular weight excluding hydrogens is 350 g/mol. The molecule has 1 unspecified atom stereocenters. The van der Waals surface area contributed by atoms with Gasteiger partial charge in [-0.15, -0.1) is 0 Å². The fourth-order valence-electron chi connectivity index (χ4n) is 3.89. The van der Waals surface area contributed by atoms with Crippen LogP contribution in [-0.4, -0.2) is 57.7 Å². The minimum Gasteiger partial charge on any atom is -0.495 e. The summed E-state index contributed by atoms with van der Waals surface area (Å²) < 4.78 is 5.47. The maximum Gasteiger partial charge on any atom is 0.277 e. The number of hydrogen-bond donors (Lipinski definition) is 1. The summed E-state index contributed by atoms with van der Waals surface area (Å²) in [6.45, 7) is 8.85. The minimum absolute atomic E-state index is 0.238. The van der Waals surface area contributed by atoms with Crippen LogP contribution in [0.5, 0.6) is 5.75 Å². The molecule has 150 valence electrons. The third-order valence-corrected chi connectivity index (χ3v) is 5.50. The molecule has 5 heteroatoms. The van der Waals surface area contributed by atoms with Crippen LogP contribution < -0.4 is 14.5 Å². The van der Waals surface area contributed by atoms with Crippen LogP contribution in [0.25, 0.3) is 0 Å². The topological polar surface area (TPSA) is 37.2 Å². The Morgan fingerprint density at radius 3 is 2.46 bits per heavy atom. The lowest BCUT2D eigenvalue weighted by molar-refractivity contribution is -0.885. The van der Waals surface area contributed by atoms with Crippen LogP contribution >= 0.6 is 0 Å². The number of aryl methyl sites for hydroxylation is 2. The number of methoxy groups -OCH3 is 1. The molecule has 3 rings (SSSR count). The van der Waals surface area contributed by atoms with Gasteiger partial charge in [0, 0.05) is 31.7 Å². The zero-order valence-electron chi connectivity index (χ0n) is 17.5. The SMILES string of the molecule is COc1ccccc1N1CCN(C(=O)C[NH+](C)Cc2ccc(C)cc2C)CC1. The van der Waals surface area contributed by atoms with E-state index in [0.29, 0.717) is 6.54 Å². The Morgan fingerprint density at radius 2 is 1.79 bits per heavy atom. The summed E-state index contributed by atoms with van der Waals surface area (Å²) in [5.74, 6) is 1.13. The number of piperazine rings is 1. The lowest BCUT2D eigenvalue weighted by Gasteiger charge is -2.36. The molecule has 0 bridgehead atoms. The summed E-state index contributed by atoms with van der Waals surface area (Å²) in [5, 5.41) is 0. The first-order valence-electron chi connectivity index (χ1n) is 10.0. The number of carbonyl (C=O) groups is 1. The van der Waals surface area contributed by atoms with Crippen molar-refractivity contribution in [1.29, 1.82) is 0 Å². The lowest BCUT2D eigenvalue weighted by atomic mass is 10.1. The molecule has 1 heterocycles. The lowest BCUT2D eigenvalue weighted by Crippen LogP contribution is -3.09. The molecule has 1 fully saturated rings. The van der Waals surface area contributed by atoms with Gasteiger partial charge in [0.1, 0.15) is 12.3 Å². The normalized spacial score (nSPS) is 15.4. The Morgan fingerprint density at radius 1 is 1.07 bits per heavy atom. The molecule has 0 aromatic heterocycles. The van der Waals surface area contributed by atoms with Crippen molar-refractivity contribution in [3.63, 3.8) is 0 Å². The Hall–Kier alpha value is -2.53. The van der Waals surface area contributed by atoms with Gasteiger partial charge in [0.25, 0.3) is 5.91 Å². The smallest absolute Gasteiger partial charge is 0.277 e. The largest absolute Gasteiger partial charge is 0.495 e. The van der Waals surface area contributed by atoms with Crippen molar-refractivity contribution in [1.82, 2.24) is 4.90 Å². The number of nitrogens with one attached hydrogen (secondary N) is 1. The summed E-state index contributed by atoms with van der Waals surface area (Å²) in [6.07, 6.45) is 0. The van der Waals surface area contributed by atoms with Crippen LogP contribution in [0.4, 0.5) is 5.69 Å². The van der Waals surface area contributed by atoms with Gasteiger partial charge in [0.15, 0.2) is 6.54 Å². The number of nitrogens with zero attached hydrogens (tertiary/aromatic N) is 2. The standard InChI is InChI=1S/C23H31N3O2/c1-18-9-10-20(19(2)15-18)16-24(3)17-23(27)26-13-11-25(12-14-26)21-7-5-6-8-22(21)28-4/h5-10,15H,11-14,16-17H2,1-4H3/p+1. The molecule has 0 spiro atoms. The first kappa shape index (κ1) is 20.2. The number of amides is 1. The molecule has 1 atom stereocenters. The number of para-hydroxylation sites is 2. The van der Waals surface area contributed by atoms with E-state index in [1.165, 1.54) is 21.6 Å². The molecule has 2 aromatic carbocycles. The average molecular weight is 383 g/mol. The molecule has 5 nitrogen and oxygen atoms in total. The van der Waals surface area contributed by atoms with Gasteiger partial charge >= 0.3 is 0 Å². The Labute approximate surface area is 168 Å². The van der Waals surface area contributed by atoms with E-state index >= 15 is 0 Å². The Kier molecular flexibility index (Phi) is 6.57. The number of quaternary nitrogens is 1. The summed E-state index contributed by atoms with van der Waals surface area (Å²) in [5.41, 5.74) is 5.01. The van der Waals surface area contributed by atoms with Gasteiger partial charge in [-0.2, -0.15) is 0 Å². The van der Waals surface area contributed by atoms with Crippen molar-refractivity contribution in [2.45, 2.75) is 20.4 Å². The molecule has 28 heavy (non-hydrogen) atoms. The number of anilines is 1. The first-order chi connectivity index (χ1) is 13.5. The second kappa shape index (κ2) is 9.11. The van der Waals surface area contributed by atoms with E-state index in [-0.39, 0.29) is 5.91 Å². The number of rotatable bonds is 6. The van der Waals surface area contributed by atoms with Crippen LogP contribution in [0.1, 0.15) is 16.7 Å². The molecule has 0 aliphatic carbocycles. The van der Waals surface area contributed by atoms with Crippen LogP contribution in [0.2, 0.25) is 0 Å². The van der Waals surface area contributed by atoms with E-state index in [1.54, 1.807) is 7.11 Å². The van der Waals surface area contributed by atoms with Gasteiger partial charge in [0.05, 0.1) is 19.8 Å². The molecule has 1 aliphatic heterocycles. The molecular formula is C23H32N3O2+. The van der Waals surface area contributed by atoms with Crippen LogP contribution in [0.15, 0.2) is 42.5 Å². The highest BCUT2D eigenvalue weighted by molar-refractivity contribution is 5.77. The van der Waals surface area contributed by atoms with Gasteiger partial charge in [-0.3, -0.25) is 4.79 Å². The summed E-state index contributed by atoms with van der Waals surface area (Å²) in [6, 6.07) is 14.6. The second-order valence-electron chi connectivity index (χ2n) is 7.78. The monoisotopic (exact) mass is 382 g/mol. The highest BCUT2D eigenvalue weighted by Crippen LogP contribution is 2.28. The van der Waals surface area contributed by atoms with E-state index in [0.717, 1.165) is 44.2 Å². The van der Waals surface area contributed by atoms with Crippen molar-refractivity contribution < 1.29 is 14.4 Å². The molecule has 1 saturated heterocycles. The van der Waals surface area contributed by atoms with Crippen LogP contribution in [0, 0.1) is 13.8 Å². The highest BCUT2D eigenvalue weighted by Gasteiger charge is 2.24. The van der Waals surface area contributed by atoms with Gasteiger partial charge in [-0.1, -0.05) is 35.9 Å². The molecule has 1 aliphatic rings. The van der Waals surface area contributed by atoms with Gasteiger partial charge in [0.2, 0.25) is 0 Å². The fraction of sp³-hybridized carbons (Fsp3) is 0.435. The molecule has 0 radical (unpaired) electrons. The average Bonchev–Trinajstić information content (AvgIpc) is 2.70. The number of likely N-dealkylation sites (N-methyl/N-ethyl adjacent to an activating group) is 1. The first-order valence-corrected chi connectivity index (χ1v) is 10.0. The molecule has 1 amide bonds. The minimum atomic E-state index is 0.238. The van der Waals surface area contributed by atoms with Crippen molar-refractivity contribution in [3.8, 4) is 5.75 Å². The van der Waals surface area contributed by atoms with Crippen LogP contribution in [-0.2, 0) is 11.3 Å². The fourth-order valence-corrected chi connectivity index (χ4v) is 3.89. The van der Waals surface area contributed by atoms with Crippen molar-refractivity contribution in [2.75, 3.05) is 51.8 Å². The maximum absolute atomic E-state index is 12.8. The van der Waals surface area contributed by atoms with Gasteiger partial charge in [-0.05, 0) is 31.5 Å². The zero-order chi connectivity index (χ0) is 20.1. The van der Waals surface area contributed by atoms with E-state index in [9.17, 15) is 4.79 Å². The van der Waals surface area contributed by atoms with E-state index < -0.39 is 0 Å². The second-order valence-corrected chi connectivity index (χ2v) is 7.78. The summed E-state index contributed by atoms with van der Waals surface area (Å²) >= 11 is 0. The third kappa shape index (κ3) is 4.84. The number of benzene rings is 2. The van der Waals surface area contributed by atoms with E-state index in [2.05, 4.69) is 50.1 Å².